The van der Waals surface area contributed by atoms with Gasteiger partial charge in [0.05, 0.1) is 12.1 Å². The number of hydrogen-bond acceptors (Lipinski definition) is 6. The van der Waals surface area contributed by atoms with Crippen LogP contribution in [0.1, 0.15) is 28.1 Å². The van der Waals surface area contributed by atoms with Gasteiger partial charge in [0.15, 0.2) is 11.6 Å². The van der Waals surface area contributed by atoms with Gasteiger partial charge in [-0.1, -0.05) is 12.1 Å². The molecule has 8 nitrogen and oxygen atoms in total. The predicted octanol–water partition coefficient (Wildman–Crippen LogP) is 3.70. The van der Waals surface area contributed by atoms with Crippen molar-refractivity contribution < 1.29 is 22.3 Å². The number of ether oxygens (including phenoxy) is 1. The molecule has 1 aliphatic heterocycles. The van der Waals surface area contributed by atoms with Gasteiger partial charge in [0.1, 0.15) is 12.4 Å². The zero-order valence-electron chi connectivity index (χ0n) is 19.5. The van der Waals surface area contributed by atoms with Crippen LogP contribution in [-0.2, 0) is 25.7 Å². The lowest BCUT2D eigenvalue weighted by Gasteiger charge is -2.31. The first-order chi connectivity index (χ1) is 17.1. The van der Waals surface area contributed by atoms with Gasteiger partial charge < -0.3 is 9.64 Å². The van der Waals surface area contributed by atoms with Crippen molar-refractivity contribution in [1.82, 2.24) is 24.1 Å². The SMILES string of the molecule is Cc1c(N2CCc3ncc(C(F)(F)F)cc3C2)nc2nn(CCOc3ccccc3F)c(=O)n2c1C. The molecule has 1 aliphatic rings. The van der Waals surface area contributed by atoms with E-state index in [0.29, 0.717) is 35.7 Å². The highest BCUT2D eigenvalue weighted by molar-refractivity contribution is 5.55. The zero-order chi connectivity index (χ0) is 25.6. The first kappa shape index (κ1) is 23.8. The molecule has 4 heterocycles. The lowest BCUT2D eigenvalue weighted by Crippen LogP contribution is -2.33. The van der Waals surface area contributed by atoms with Crippen molar-refractivity contribution in [2.45, 2.75) is 39.5 Å². The predicted molar refractivity (Wildman–Crippen MR) is 123 cm³/mol. The van der Waals surface area contributed by atoms with Crippen LogP contribution in [0.5, 0.6) is 5.75 Å². The van der Waals surface area contributed by atoms with E-state index in [4.69, 9.17) is 4.74 Å². The highest BCUT2D eigenvalue weighted by Crippen LogP contribution is 2.32. The van der Waals surface area contributed by atoms with E-state index in [2.05, 4.69) is 15.1 Å². The number of pyridine rings is 1. The summed E-state index contributed by atoms with van der Waals surface area (Å²) in [6, 6.07) is 7.10. The molecule has 36 heavy (non-hydrogen) atoms. The number of fused-ring (bicyclic) bond motifs is 2. The highest BCUT2D eigenvalue weighted by atomic mass is 19.4. The molecule has 0 aliphatic carbocycles. The van der Waals surface area contributed by atoms with E-state index in [1.165, 1.54) is 21.2 Å². The van der Waals surface area contributed by atoms with Crippen molar-refractivity contribution in [3.8, 4) is 5.75 Å². The Labute approximate surface area is 202 Å². The van der Waals surface area contributed by atoms with Gasteiger partial charge in [0, 0.05) is 42.7 Å². The number of halogens is 4. The molecule has 0 bridgehead atoms. The summed E-state index contributed by atoms with van der Waals surface area (Å²) in [6.45, 7) is 4.38. The van der Waals surface area contributed by atoms with Gasteiger partial charge in [-0.2, -0.15) is 18.2 Å². The van der Waals surface area contributed by atoms with Crippen molar-refractivity contribution in [3.63, 3.8) is 0 Å². The molecule has 188 valence electrons. The third-order valence-corrected chi connectivity index (χ3v) is 6.31. The van der Waals surface area contributed by atoms with Crippen LogP contribution in [-0.4, -0.2) is 37.3 Å². The molecular weight excluding hydrogens is 480 g/mol. The van der Waals surface area contributed by atoms with Gasteiger partial charge in [0.2, 0.25) is 0 Å². The average molecular weight is 502 g/mol. The molecule has 0 atom stereocenters. The second-order valence-electron chi connectivity index (χ2n) is 8.56. The quantitative estimate of drug-likeness (QED) is 0.388. The van der Waals surface area contributed by atoms with Gasteiger partial charge in [0.25, 0.3) is 5.78 Å². The molecule has 12 heteroatoms. The van der Waals surface area contributed by atoms with Crippen LogP contribution in [0, 0.1) is 19.7 Å². The van der Waals surface area contributed by atoms with Gasteiger partial charge >= 0.3 is 11.9 Å². The fourth-order valence-electron chi connectivity index (χ4n) is 4.29. The van der Waals surface area contributed by atoms with Crippen LogP contribution in [0.25, 0.3) is 5.78 Å². The number of alkyl halides is 3. The van der Waals surface area contributed by atoms with Crippen molar-refractivity contribution in [3.05, 3.63) is 80.9 Å². The number of rotatable bonds is 5. The van der Waals surface area contributed by atoms with E-state index in [1.54, 1.807) is 19.1 Å². The Hall–Kier alpha value is -3.96. The summed E-state index contributed by atoms with van der Waals surface area (Å²) >= 11 is 0. The summed E-state index contributed by atoms with van der Waals surface area (Å²) in [5, 5.41) is 4.31. The Morgan fingerprint density at radius 1 is 1.17 bits per heavy atom. The Kier molecular flexibility index (Phi) is 5.89. The fraction of sp³-hybridized carbons (Fsp3) is 0.333. The van der Waals surface area contributed by atoms with E-state index in [0.717, 1.165) is 17.8 Å². The minimum Gasteiger partial charge on any atom is -0.489 e. The third-order valence-electron chi connectivity index (χ3n) is 6.31. The summed E-state index contributed by atoms with van der Waals surface area (Å²) in [4.78, 5) is 23.4. The standard InChI is InChI=1S/C24H22F4N6O2/c1-14-15(2)34-22(31-33(23(34)35)9-10-36-20-6-4-3-5-18(20)25)30-21(14)32-8-7-19-16(13-32)11-17(12-29-19)24(26,27)28/h3-6,11-12H,7-10,13H2,1-2H3. The number of anilines is 1. The number of benzene rings is 1. The number of nitrogens with zero attached hydrogens (tertiary/aromatic N) is 6. The van der Waals surface area contributed by atoms with Crippen molar-refractivity contribution >= 4 is 11.6 Å². The first-order valence-electron chi connectivity index (χ1n) is 11.3. The lowest BCUT2D eigenvalue weighted by atomic mass is 10.0. The van der Waals surface area contributed by atoms with Crippen LogP contribution < -0.4 is 15.3 Å². The minimum atomic E-state index is -4.47. The Balaban J connectivity index is 1.42. The number of para-hydroxylation sites is 1. The summed E-state index contributed by atoms with van der Waals surface area (Å²) in [5.41, 5.74) is 1.25. The molecule has 0 N–H and O–H groups in total. The molecule has 0 fully saturated rings. The van der Waals surface area contributed by atoms with Crippen LogP contribution in [0.2, 0.25) is 0 Å². The molecule has 1 aromatic carbocycles. The van der Waals surface area contributed by atoms with Gasteiger partial charge in [-0.15, -0.1) is 5.10 Å². The third kappa shape index (κ3) is 4.27. The maximum atomic E-state index is 13.8. The molecule has 4 aromatic rings. The number of aromatic nitrogens is 5. The van der Waals surface area contributed by atoms with E-state index in [-0.39, 0.29) is 31.2 Å². The Bertz CT molecular complexity index is 1510. The van der Waals surface area contributed by atoms with Gasteiger partial charge in [-0.3, -0.25) is 4.98 Å². The second kappa shape index (κ2) is 8.92. The van der Waals surface area contributed by atoms with Gasteiger partial charge in [-0.25, -0.2) is 18.3 Å². The molecule has 0 amide bonds. The van der Waals surface area contributed by atoms with E-state index in [9.17, 15) is 22.4 Å². The molecule has 0 unspecified atom stereocenters. The van der Waals surface area contributed by atoms with E-state index < -0.39 is 23.2 Å². The van der Waals surface area contributed by atoms with Crippen LogP contribution >= 0.6 is 0 Å². The highest BCUT2D eigenvalue weighted by Gasteiger charge is 2.33. The first-order valence-corrected chi connectivity index (χ1v) is 11.3. The fourth-order valence-corrected chi connectivity index (χ4v) is 4.29. The number of aryl methyl sites for hydroxylation is 1. The van der Waals surface area contributed by atoms with Crippen LogP contribution in [0.4, 0.5) is 23.4 Å². The average Bonchev–Trinajstić information content (AvgIpc) is 3.16. The van der Waals surface area contributed by atoms with Crippen molar-refractivity contribution in [2.24, 2.45) is 0 Å². The largest absolute Gasteiger partial charge is 0.489 e. The van der Waals surface area contributed by atoms with E-state index >= 15 is 0 Å². The van der Waals surface area contributed by atoms with Crippen LogP contribution in [0.3, 0.4) is 0 Å². The molecule has 0 saturated heterocycles. The summed E-state index contributed by atoms with van der Waals surface area (Å²) in [6.07, 6.45) is -3.14. The summed E-state index contributed by atoms with van der Waals surface area (Å²) in [5.74, 6) is 0.286. The maximum absolute atomic E-state index is 13.8. The molecular formula is C24H22F4N6O2. The zero-order valence-corrected chi connectivity index (χ0v) is 19.5. The smallest absolute Gasteiger partial charge is 0.417 e. The number of hydrogen-bond donors (Lipinski definition) is 0. The topological polar surface area (TPSA) is 77.6 Å². The Morgan fingerprint density at radius 3 is 2.69 bits per heavy atom. The Morgan fingerprint density at radius 2 is 1.94 bits per heavy atom. The summed E-state index contributed by atoms with van der Waals surface area (Å²) in [7, 11) is 0. The minimum absolute atomic E-state index is 0.0209. The summed E-state index contributed by atoms with van der Waals surface area (Å²) < 4.78 is 61.3. The second-order valence-corrected chi connectivity index (χ2v) is 8.56. The molecule has 5 rings (SSSR count). The molecule has 0 radical (unpaired) electrons. The lowest BCUT2D eigenvalue weighted by molar-refractivity contribution is -0.137. The van der Waals surface area contributed by atoms with Crippen LogP contribution in [0.15, 0.2) is 41.3 Å². The van der Waals surface area contributed by atoms with Crippen molar-refractivity contribution in [1.29, 1.82) is 0 Å². The normalized spacial score (nSPS) is 13.8. The molecule has 0 saturated carbocycles. The molecule has 0 spiro atoms. The monoisotopic (exact) mass is 502 g/mol. The van der Waals surface area contributed by atoms with E-state index in [1.807, 2.05) is 11.8 Å². The molecule has 3 aromatic heterocycles. The van der Waals surface area contributed by atoms with Gasteiger partial charge in [-0.05, 0) is 37.6 Å². The maximum Gasteiger partial charge on any atom is 0.417 e. The van der Waals surface area contributed by atoms with Crippen molar-refractivity contribution in [2.75, 3.05) is 18.1 Å².